The van der Waals surface area contributed by atoms with Crippen molar-refractivity contribution in [1.82, 2.24) is 9.78 Å². The van der Waals surface area contributed by atoms with Crippen LogP contribution in [0.4, 0.5) is 4.39 Å². The lowest BCUT2D eigenvalue weighted by Gasteiger charge is -2.15. The maximum absolute atomic E-state index is 13.6. The molecular weight excluding hydrogens is 245 g/mol. The molecule has 0 saturated heterocycles. The lowest BCUT2D eigenvalue weighted by Crippen LogP contribution is -2.08. The van der Waals surface area contributed by atoms with Gasteiger partial charge >= 0.3 is 0 Å². The van der Waals surface area contributed by atoms with Crippen LogP contribution >= 0.6 is 0 Å². The number of hydrogen-bond acceptors (Lipinski definition) is 3. The summed E-state index contributed by atoms with van der Waals surface area (Å²) >= 11 is 0. The zero-order chi connectivity index (χ0) is 14.2. The van der Waals surface area contributed by atoms with Gasteiger partial charge in [0.15, 0.2) is 0 Å². The van der Waals surface area contributed by atoms with Crippen molar-refractivity contribution in [2.75, 3.05) is 0 Å². The minimum atomic E-state index is -0.306. The SMILES string of the molecule is Cc1cc(Oc2cc(C)c(F)cc2C(C)N)n(C)n1. The van der Waals surface area contributed by atoms with Crippen LogP contribution in [0.25, 0.3) is 0 Å². The maximum Gasteiger partial charge on any atom is 0.217 e. The molecule has 5 heteroatoms. The van der Waals surface area contributed by atoms with Gasteiger partial charge in [0.05, 0.1) is 5.69 Å². The first kappa shape index (κ1) is 13.5. The summed E-state index contributed by atoms with van der Waals surface area (Å²) in [5, 5.41) is 4.21. The van der Waals surface area contributed by atoms with Crippen LogP contribution in [0.1, 0.15) is 29.8 Å². The Bertz CT molecular complexity index is 605. The highest BCUT2D eigenvalue weighted by atomic mass is 19.1. The Morgan fingerprint density at radius 3 is 2.53 bits per heavy atom. The molecule has 2 aromatic rings. The van der Waals surface area contributed by atoms with Crippen molar-refractivity contribution in [2.24, 2.45) is 12.8 Å². The van der Waals surface area contributed by atoms with Crippen LogP contribution in [-0.4, -0.2) is 9.78 Å². The summed E-state index contributed by atoms with van der Waals surface area (Å²) in [4.78, 5) is 0. The van der Waals surface area contributed by atoms with Crippen molar-refractivity contribution >= 4 is 0 Å². The van der Waals surface area contributed by atoms with E-state index < -0.39 is 0 Å². The summed E-state index contributed by atoms with van der Waals surface area (Å²) in [7, 11) is 1.80. The molecule has 0 aliphatic heterocycles. The lowest BCUT2D eigenvalue weighted by atomic mass is 10.1. The van der Waals surface area contributed by atoms with Gasteiger partial charge in [-0.1, -0.05) is 0 Å². The van der Waals surface area contributed by atoms with Gasteiger partial charge in [-0.15, -0.1) is 0 Å². The van der Waals surface area contributed by atoms with Crippen LogP contribution < -0.4 is 10.5 Å². The maximum atomic E-state index is 13.6. The first-order valence-electron chi connectivity index (χ1n) is 6.12. The molecule has 0 saturated carbocycles. The van der Waals surface area contributed by atoms with Crippen molar-refractivity contribution in [2.45, 2.75) is 26.8 Å². The minimum absolute atomic E-state index is 0.277. The van der Waals surface area contributed by atoms with Crippen molar-refractivity contribution in [3.63, 3.8) is 0 Å². The van der Waals surface area contributed by atoms with E-state index in [0.29, 0.717) is 22.8 Å². The van der Waals surface area contributed by atoms with Gasteiger partial charge in [-0.05, 0) is 38.5 Å². The summed E-state index contributed by atoms with van der Waals surface area (Å²) in [6, 6.07) is 4.61. The number of ether oxygens (including phenoxy) is 1. The fraction of sp³-hybridized carbons (Fsp3) is 0.357. The highest BCUT2D eigenvalue weighted by Crippen LogP contribution is 2.31. The Kier molecular flexibility index (Phi) is 3.57. The van der Waals surface area contributed by atoms with Crippen LogP contribution in [0.15, 0.2) is 18.2 Å². The molecule has 2 N–H and O–H groups in total. The standard InChI is InChI=1S/C14H18FN3O/c1-8-5-13(11(10(3)16)7-12(8)15)19-14-6-9(2)17-18(14)4/h5-7,10H,16H2,1-4H3. The van der Waals surface area contributed by atoms with E-state index in [9.17, 15) is 4.39 Å². The summed E-state index contributed by atoms with van der Waals surface area (Å²) in [6.45, 7) is 5.38. The molecule has 0 spiro atoms. The molecule has 1 atom stereocenters. The largest absolute Gasteiger partial charge is 0.439 e. The van der Waals surface area contributed by atoms with Gasteiger partial charge in [-0.2, -0.15) is 5.10 Å². The predicted octanol–water partition coefficient (Wildman–Crippen LogP) is 2.99. The first-order chi connectivity index (χ1) is 8.88. The quantitative estimate of drug-likeness (QED) is 0.926. The lowest BCUT2D eigenvalue weighted by molar-refractivity contribution is 0.421. The minimum Gasteiger partial charge on any atom is -0.439 e. The first-order valence-corrected chi connectivity index (χ1v) is 6.12. The molecule has 0 fully saturated rings. The van der Waals surface area contributed by atoms with Gasteiger partial charge in [0.1, 0.15) is 11.6 Å². The van der Waals surface area contributed by atoms with E-state index in [-0.39, 0.29) is 11.9 Å². The fourth-order valence-corrected chi connectivity index (χ4v) is 1.91. The van der Waals surface area contributed by atoms with E-state index >= 15 is 0 Å². The van der Waals surface area contributed by atoms with E-state index in [1.165, 1.54) is 6.07 Å². The molecule has 0 amide bonds. The van der Waals surface area contributed by atoms with Crippen molar-refractivity contribution in [1.29, 1.82) is 0 Å². The van der Waals surface area contributed by atoms with Crippen molar-refractivity contribution < 1.29 is 9.13 Å². The summed E-state index contributed by atoms with van der Waals surface area (Å²) in [6.07, 6.45) is 0. The molecule has 1 unspecified atom stereocenters. The van der Waals surface area contributed by atoms with Gasteiger partial charge in [-0.3, -0.25) is 0 Å². The second-order valence-electron chi connectivity index (χ2n) is 4.78. The average molecular weight is 263 g/mol. The zero-order valence-corrected chi connectivity index (χ0v) is 11.6. The molecule has 1 heterocycles. The molecule has 4 nitrogen and oxygen atoms in total. The predicted molar refractivity (Wildman–Crippen MR) is 71.8 cm³/mol. The van der Waals surface area contributed by atoms with Crippen molar-refractivity contribution in [3.05, 3.63) is 40.8 Å². The zero-order valence-electron chi connectivity index (χ0n) is 11.6. The van der Waals surface area contributed by atoms with Gasteiger partial charge < -0.3 is 10.5 Å². The number of halogens is 1. The topological polar surface area (TPSA) is 53.1 Å². The van der Waals surface area contributed by atoms with E-state index in [4.69, 9.17) is 10.5 Å². The van der Waals surface area contributed by atoms with Gasteiger partial charge in [0, 0.05) is 24.7 Å². The van der Waals surface area contributed by atoms with Gasteiger partial charge in [0.2, 0.25) is 5.88 Å². The third-order valence-corrected chi connectivity index (χ3v) is 2.96. The van der Waals surface area contributed by atoms with Gasteiger partial charge in [0.25, 0.3) is 0 Å². The highest BCUT2D eigenvalue weighted by Gasteiger charge is 2.14. The molecule has 2 rings (SSSR count). The molecule has 0 aliphatic rings. The summed E-state index contributed by atoms with van der Waals surface area (Å²) in [5.74, 6) is 0.892. The van der Waals surface area contributed by atoms with Crippen LogP contribution in [0.5, 0.6) is 11.6 Å². The monoisotopic (exact) mass is 263 g/mol. The molecule has 0 aliphatic carbocycles. The molecule has 19 heavy (non-hydrogen) atoms. The Balaban J connectivity index is 2.44. The second kappa shape index (κ2) is 5.01. The van der Waals surface area contributed by atoms with Crippen LogP contribution in [0, 0.1) is 19.7 Å². The third kappa shape index (κ3) is 2.76. The number of aryl methyl sites for hydroxylation is 3. The van der Waals surface area contributed by atoms with E-state index in [2.05, 4.69) is 5.10 Å². The molecule has 1 aromatic carbocycles. The number of aromatic nitrogens is 2. The normalized spacial score (nSPS) is 12.5. The molecular formula is C14H18FN3O. The van der Waals surface area contributed by atoms with E-state index in [1.54, 1.807) is 31.6 Å². The Labute approximate surface area is 112 Å². The Morgan fingerprint density at radius 1 is 1.32 bits per heavy atom. The van der Waals surface area contributed by atoms with Crippen LogP contribution in [0.2, 0.25) is 0 Å². The average Bonchev–Trinajstić information content (AvgIpc) is 2.62. The Hall–Kier alpha value is -1.88. The molecule has 1 aromatic heterocycles. The van der Waals surface area contributed by atoms with Crippen molar-refractivity contribution in [3.8, 4) is 11.6 Å². The number of nitrogens with two attached hydrogens (primary N) is 1. The van der Waals surface area contributed by atoms with Crippen LogP contribution in [-0.2, 0) is 7.05 Å². The number of nitrogens with zero attached hydrogens (tertiary/aromatic N) is 2. The molecule has 0 bridgehead atoms. The number of hydrogen-bond donors (Lipinski definition) is 1. The summed E-state index contributed by atoms with van der Waals surface area (Å²) < 4.78 is 21.1. The smallest absolute Gasteiger partial charge is 0.217 e. The summed E-state index contributed by atoms with van der Waals surface area (Å²) in [5.41, 5.74) is 7.89. The molecule has 0 radical (unpaired) electrons. The fourth-order valence-electron chi connectivity index (χ4n) is 1.91. The number of benzene rings is 1. The number of rotatable bonds is 3. The molecule has 102 valence electrons. The van der Waals surface area contributed by atoms with E-state index in [0.717, 1.165) is 5.69 Å². The second-order valence-corrected chi connectivity index (χ2v) is 4.78. The highest BCUT2D eigenvalue weighted by molar-refractivity contribution is 5.42. The Morgan fingerprint density at radius 2 is 2.00 bits per heavy atom. The van der Waals surface area contributed by atoms with Crippen LogP contribution in [0.3, 0.4) is 0 Å². The van der Waals surface area contributed by atoms with Gasteiger partial charge in [-0.25, -0.2) is 9.07 Å². The third-order valence-electron chi connectivity index (χ3n) is 2.96. The van der Waals surface area contributed by atoms with E-state index in [1.807, 2.05) is 13.0 Å².